The molecule has 8 aromatic rings. The maximum atomic E-state index is 5.24. The fourth-order valence-electron chi connectivity index (χ4n) is 8.94. The van der Waals surface area contributed by atoms with Gasteiger partial charge < -0.3 is 0 Å². The van der Waals surface area contributed by atoms with Crippen molar-refractivity contribution in [2.45, 2.75) is 24.7 Å². The van der Waals surface area contributed by atoms with Crippen molar-refractivity contribution in [3.63, 3.8) is 0 Å². The van der Waals surface area contributed by atoms with Crippen LogP contribution in [0.4, 0.5) is 0 Å². The largest absolute Gasteiger partial charge is 0.228 e. The predicted octanol–water partition coefficient (Wildman–Crippen LogP) is 12.1. The van der Waals surface area contributed by atoms with E-state index in [1.54, 1.807) is 0 Å². The van der Waals surface area contributed by atoms with Gasteiger partial charge >= 0.3 is 0 Å². The lowest BCUT2D eigenvalue weighted by atomic mass is 9.67. The topological polar surface area (TPSA) is 25.8 Å². The van der Waals surface area contributed by atoms with E-state index in [1.165, 1.54) is 55.6 Å². The summed E-state index contributed by atoms with van der Waals surface area (Å²) in [5.41, 5.74) is 17.4. The molecule has 0 N–H and O–H groups in total. The maximum Gasteiger partial charge on any atom is 0.160 e. The molecule has 10 rings (SSSR count). The molecule has 0 saturated heterocycles. The van der Waals surface area contributed by atoms with Crippen LogP contribution in [0.2, 0.25) is 0 Å². The van der Waals surface area contributed by atoms with Gasteiger partial charge in [0.25, 0.3) is 0 Å². The lowest BCUT2D eigenvalue weighted by Crippen LogP contribution is -2.29. The molecule has 0 fully saturated rings. The number of hydrogen-bond donors (Lipinski definition) is 0. The van der Waals surface area contributed by atoms with Gasteiger partial charge in [-0.2, -0.15) is 0 Å². The molecule has 246 valence electrons. The average Bonchev–Trinajstić information content (AvgIpc) is 3.64. The van der Waals surface area contributed by atoms with Gasteiger partial charge in [0.15, 0.2) is 5.82 Å². The summed E-state index contributed by atoms with van der Waals surface area (Å²) in [5, 5.41) is 0. The standard InChI is InChI=1S/C50H36N2/c1-49(2)42-24-14-12-23-39(42)41-31-37(27-29-43(41)49)50(36-20-10-5-11-21-36)44-25-15-13-22-38(44)40-28-26-35(30-45(40)50)47-32-46(33-16-6-3-7-17-33)51-48(52-47)34-18-8-4-9-19-34/h3-32H,1-2H3. The lowest BCUT2D eigenvalue weighted by molar-refractivity contribution is 0.659. The normalized spacial score (nSPS) is 16.1. The number of benzene rings is 7. The van der Waals surface area contributed by atoms with Crippen LogP contribution < -0.4 is 0 Å². The Bertz CT molecular complexity index is 2580. The van der Waals surface area contributed by atoms with Crippen molar-refractivity contribution in [3.05, 3.63) is 215 Å². The molecule has 2 nitrogen and oxygen atoms in total. The first kappa shape index (κ1) is 30.4. The Morgan fingerprint density at radius 1 is 0.346 bits per heavy atom. The van der Waals surface area contributed by atoms with Crippen molar-refractivity contribution < 1.29 is 0 Å². The fourth-order valence-corrected chi connectivity index (χ4v) is 8.94. The highest BCUT2D eigenvalue weighted by Crippen LogP contribution is 2.58. The van der Waals surface area contributed by atoms with E-state index in [4.69, 9.17) is 9.97 Å². The molecule has 0 spiro atoms. The Hall–Kier alpha value is -6.38. The minimum absolute atomic E-state index is 0.0665. The Morgan fingerprint density at radius 3 is 1.60 bits per heavy atom. The summed E-state index contributed by atoms with van der Waals surface area (Å²) in [6.07, 6.45) is 0. The van der Waals surface area contributed by atoms with E-state index in [9.17, 15) is 0 Å². The van der Waals surface area contributed by atoms with Gasteiger partial charge in [0.1, 0.15) is 0 Å². The monoisotopic (exact) mass is 664 g/mol. The summed E-state index contributed by atoms with van der Waals surface area (Å²) in [5.74, 6) is 0.718. The van der Waals surface area contributed by atoms with Gasteiger partial charge in [0.2, 0.25) is 0 Å². The van der Waals surface area contributed by atoms with Crippen LogP contribution in [0.5, 0.6) is 0 Å². The minimum Gasteiger partial charge on any atom is -0.228 e. The molecule has 1 atom stereocenters. The minimum atomic E-state index is -0.544. The molecule has 0 saturated carbocycles. The van der Waals surface area contributed by atoms with E-state index in [1.807, 2.05) is 24.3 Å². The molecule has 2 heteroatoms. The van der Waals surface area contributed by atoms with Crippen LogP contribution in [-0.2, 0) is 10.8 Å². The van der Waals surface area contributed by atoms with Crippen LogP contribution in [0, 0.1) is 0 Å². The Balaban J connectivity index is 1.25. The van der Waals surface area contributed by atoms with Gasteiger partial charge in [-0.1, -0.05) is 178 Å². The average molecular weight is 665 g/mol. The van der Waals surface area contributed by atoms with Crippen LogP contribution in [-0.4, -0.2) is 9.97 Å². The number of hydrogen-bond acceptors (Lipinski definition) is 2. The second-order valence-electron chi connectivity index (χ2n) is 14.5. The summed E-state index contributed by atoms with van der Waals surface area (Å²) in [6.45, 7) is 4.71. The van der Waals surface area contributed by atoms with Crippen molar-refractivity contribution in [1.29, 1.82) is 0 Å². The van der Waals surface area contributed by atoms with Crippen molar-refractivity contribution >= 4 is 0 Å². The lowest BCUT2D eigenvalue weighted by Gasteiger charge is -2.34. The van der Waals surface area contributed by atoms with Crippen molar-refractivity contribution in [3.8, 4) is 56.2 Å². The summed E-state index contributed by atoms with van der Waals surface area (Å²) < 4.78 is 0. The molecule has 0 aliphatic heterocycles. The molecule has 7 aromatic carbocycles. The third-order valence-corrected chi connectivity index (χ3v) is 11.4. The molecule has 1 unspecified atom stereocenters. The van der Waals surface area contributed by atoms with Crippen LogP contribution in [0.25, 0.3) is 56.2 Å². The highest BCUT2D eigenvalue weighted by molar-refractivity contribution is 5.90. The summed E-state index contributed by atoms with van der Waals surface area (Å²) in [6, 6.07) is 66.1. The van der Waals surface area contributed by atoms with E-state index < -0.39 is 5.41 Å². The van der Waals surface area contributed by atoms with Gasteiger partial charge in [-0.15, -0.1) is 0 Å². The summed E-state index contributed by atoms with van der Waals surface area (Å²) in [4.78, 5) is 10.3. The Labute approximate surface area is 305 Å². The molecule has 1 aromatic heterocycles. The molecular formula is C50H36N2. The summed E-state index contributed by atoms with van der Waals surface area (Å²) in [7, 11) is 0. The van der Waals surface area contributed by atoms with Crippen molar-refractivity contribution in [2.75, 3.05) is 0 Å². The molecule has 2 aliphatic rings. The van der Waals surface area contributed by atoms with Gasteiger partial charge in [-0.3, -0.25) is 0 Å². The molecule has 2 aliphatic carbocycles. The zero-order chi connectivity index (χ0) is 34.9. The highest BCUT2D eigenvalue weighted by Gasteiger charge is 2.47. The van der Waals surface area contributed by atoms with Gasteiger partial charge in [-0.25, -0.2) is 9.97 Å². The molecule has 1 heterocycles. The third-order valence-electron chi connectivity index (χ3n) is 11.4. The highest BCUT2D eigenvalue weighted by atomic mass is 14.9. The van der Waals surface area contributed by atoms with E-state index in [2.05, 4.69) is 172 Å². The second-order valence-corrected chi connectivity index (χ2v) is 14.5. The number of fused-ring (bicyclic) bond motifs is 6. The van der Waals surface area contributed by atoms with E-state index in [0.717, 1.165) is 33.9 Å². The van der Waals surface area contributed by atoms with Crippen molar-refractivity contribution in [1.82, 2.24) is 9.97 Å². The molecule has 0 amide bonds. The summed E-state index contributed by atoms with van der Waals surface area (Å²) >= 11 is 0. The first-order valence-electron chi connectivity index (χ1n) is 18.1. The van der Waals surface area contributed by atoms with Gasteiger partial charge in [0.05, 0.1) is 16.8 Å². The third kappa shape index (κ3) is 4.44. The molecule has 52 heavy (non-hydrogen) atoms. The Kier molecular flexibility index (Phi) is 6.78. The SMILES string of the molecule is CC1(C)c2ccccc2-c2cc(C3(c4ccccc4)c4ccccc4-c4ccc(-c5cc(-c6ccccc6)nc(-c6ccccc6)n5)cc43)ccc21. The zero-order valence-electron chi connectivity index (χ0n) is 29.2. The van der Waals surface area contributed by atoms with Crippen molar-refractivity contribution in [2.24, 2.45) is 0 Å². The first-order chi connectivity index (χ1) is 25.5. The predicted molar refractivity (Wildman–Crippen MR) is 213 cm³/mol. The molecule has 0 bridgehead atoms. The van der Waals surface area contributed by atoms with Crippen LogP contribution >= 0.6 is 0 Å². The van der Waals surface area contributed by atoms with Gasteiger partial charge in [-0.05, 0) is 73.8 Å². The number of rotatable bonds is 5. The maximum absolute atomic E-state index is 5.24. The van der Waals surface area contributed by atoms with E-state index in [-0.39, 0.29) is 5.41 Å². The second kappa shape index (κ2) is 11.6. The van der Waals surface area contributed by atoms with Crippen LogP contribution in [0.15, 0.2) is 182 Å². The number of aromatic nitrogens is 2. The van der Waals surface area contributed by atoms with Gasteiger partial charge in [0, 0.05) is 22.1 Å². The molecular weight excluding hydrogens is 629 g/mol. The fraction of sp³-hybridized carbons (Fsp3) is 0.0800. The number of nitrogens with zero attached hydrogens (tertiary/aromatic N) is 2. The first-order valence-corrected chi connectivity index (χ1v) is 18.1. The smallest absolute Gasteiger partial charge is 0.160 e. The van der Waals surface area contributed by atoms with E-state index >= 15 is 0 Å². The molecule has 0 radical (unpaired) electrons. The van der Waals surface area contributed by atoms with E-state index in [0.29, 0.717) is 0 Å². The van der Waals surface area contributed by atoms with Crippen LogP contribution in [0.1, 0.15) is 47.2 Å². The quantitative estimate of drug-likeness (QED) is 0.183. The Morgan fingerprint density at radius 2 is 0.885 bits per heavy atom. The van der Waals surface area contributed by atoms with Crippen LogP contribution in [0.3, 0.4) is 0 Å². The zero-order valence-corrected chi connectivity index (χ0v) is 29.2.